The molecule has 2 rings (SSSR count). The molecule has 9 heteroatoms. The molecule has 20 heavy (non-hydrogen) atoms. The van der Waals surface area contributed by atoms with Crippen molar-refractivity contribution in [3.63, 3.8) is 0 Å². The van der Waals surface area contributed by atoms with Gasteiger partial charge in [-0.15, -0.1) is 11.3 Å². The monoisotopic (exact) mass is 333 g/mol. The van der Waals surface area contributed by atoms with Crippen LogP contribution in [0.3, 0.4) is 0 Å². The van der Waals surface area contributed by atoms with E-state index in [-0.39, 0.29) is 9.92 Å². The number of hydrogen-bond acceptors (Lipinski definition) is 5. The fourth-order valence-electron chi connectivity index (χ4n) is 1.56. The summed E-state index contributed by atoms with van der Waals surface area (Å²) in [6.45, 7) is 3.41. The second-order valence-corrected chi connectivity index (χ2v) is 7.56. The van der Waals surface area contributed by atoms with E-state index in [1.54, 1.807) is 25.4 Å². The van der Waals surface area contributed by atoms with E-state index in [4.69, 9.17) is 11.6 Å². The third-order valence-corrected chi connectivity index (χ3v) is 5.51. The van der Waals surface area contributed by atoms with Crippen molar-refractivity contribution >= 4 is 33.0 Å². The lowest BCUT2D eigenvalue weighted by atomic mass is 10.1. The molecule has 0 saturated heterocycles. The molecule has 0 spiro atoms. The highest BCUT2D eigenvalue weighted by molar-refractivity contribution is 7.89. The van der Waals surface area contributed by atoms with Crippen molar-refractivity contribution in [2.45, 2.75) is 24.3 Å². The van der Waals surface area contributed by atoms with Crippen molar-refractivity contribution < 1.29 is 8.42 Å². The van der Waals surface area contributed by atoms with E-state index < -0.39 is 21.1 Å². The van der Waals surface area contributed by atoms with E-state index >= 15 is 0 Å². The second kappa shape index (κ2) is 5.28. The van der Waals surface area contributed by atoms with E-state index in [9.17, 15) is 13.2 Å². The normalized spacial score (nSPS) is 12.6. The zero-order valence-corrected chi connectivity index (χ0v) is 13.1. The Balaban J connectivity index is 2.36. The Morgan fingerprint density at radius 2 is 2.15 bits per heavy atom. The Labute approximate surface area is 124 Å². The fraction of sp³-hybridized carbons (Fsp3) is 0.273. The third-order valence-electron chi connectivity index (χ3n) is 2.50. The van der Waals surface area contributed by atoms with Gasteiger partial charge in [-0.05, 0) is 19.9 Å². The van der Waals surface area contributed by atoms with Crippen molar-refractivity contribution in [1.82, 2.24) is 14.7 Å². The van der Waals surface area contributed by atoms with Crippen molar-refractivity contribution in [1.29, 1.82) is 0 Å². The quantitative estimate of drug-likeness (QED) is 0.890. The molecule has 0 fully saturated rings. The molecule has 0 radical (unpaired) electrons. The van der Waals surface area contributed by atoms with Crippen LogP contribution in [0, 0.1) is 0 Å². The van der Waals surface area contributed by atoms with Crippen LogP contribution < -0.4 is 10.3 Å². The van der Waals surface area contributed by atoms with Crippen LogP contribution in [0.5, 0.6) is 0 Å². The van der Waals surface area contributed by atoms with Crippen LogP contribution in [-0.2, 0) is 15.6 Å². The van der Waals surface area contributed by atoms with Gasteiger partial charge in [0.1, 0.15) is 10.0 Å². The highest BCUT2D eigenvalue weighted by Crippen LogP contribution is 2.24. The Morgan fingerprint density at radius 1 is 1.45 bits per heavy atom. The van der Waals surface area contributed by atoms with E-state index in [0.29, 0.717) is 5.01 Å². The summed E-state index contributed by atoms with van der Waals surface area (Å²) in [6, 6.07) is 1.11. The molecule has 2 heterocycles. The van der Waals surface area contributed by atoms with E-state index in [1.807, 2.05) is 0 Å². The van der Waals surface area contributed by atoms with Gasteiger partial charge in [0.15, 0.2) is 0 Å². The summed E-state index contributed by atoms with van der Waals surface area (Å²) in [6.07, 6.45) is 2.71. The van der Waals surface area contributed by atoms with Gasteiger partial charge in [-0.25, -0.2) is 13.4 Å². The van der Waals surface area contributed by atoms with Crippen molar-refractivity contribution in [2.24, 2.45) is 0 Å². The molecule has 0 bridgehead atoms. The summed E-state index contributed by atoms with van der Waals surface area (Å²) in [5.74, 6) is 0. The van der Waals surface area contributed by atoms with Crippen molar-refractivity contribution in [3.05, 3.63) is 44.2 Å². The zero-order valence-electron chi connectivity index (χ0n) is 10.7. The highest BCUT2D eigenvalue weighted by atomic mass is 35.5. The lowest BCUT2D eigenvalue weighted by molar-refractivity contribution is 0.469. The zero-order chi connectivity index (χ0) is 15.0. The molecule has 108 valence electrons. The van der Waals surface area contributed by atoms with Crippen LogP contribution >= 0.6 is 22.9 Å². The number of halogens is 1. The van der Waals surface area contributed by atoms with E-state index in [1.165, 1.54) is 11.3 Å². The molecule has 2 aromatic rings. The largest absolute Gasteiger partial charge is 0.326 e. The van der Waals surface area contributed by atoms with Crippen LogP contribution in [0.1, 0.15) is 18.9 Å². The van der Waals surface area contributed by atoms with Crippen LogP contribution in [0.15, 0.2) is 33.5 Å². The number of rotatable bonds is 4. The van der Waals surface area contributed by atoms with Gasteiger partial charge in [-0.1, -0.05) is 11.6 Å². The fourth-order valence-corrected chi connectivity index (χ4v) is 3.96. The predicted molar refractivity (Wildman–Crippen MR) is 77.5 cm³/mol. The number of thiazole rings is 1. The first-order valence-electron chi connectivity index (χ1n) is 5.54. The molecule has 0 amide bonds. The average Bonchev–Trinajstić information content (AvgIpc) is 2.85. The number of nitrogens with one attached hydrogen (secondary N) is 2. The summed E-state index contributed by atoms with van der Waals surface area (Å²) in [5, 5.41) is 2.22. The second-order valence-electron chi connectivity index (χ2n) is 4.58. The summed E-state index contributed by atoms with van der Waals surface area (Å²) >= 11 is 6.99. The SMILES string of the molecule is CC(C)(NS(=O)(=O)c1c[nH]c(=O)c(Cl)c1)c1nccs1. The van der Waals surface area contributed by atoms with E-state index in [0.717, 1.165) is 12.3 Å². The van der Waals surface area contributed by atoms with Gasteiger partial charge >= 0.3 is 0 Å². The summed E-state index contributed by atoms with van der Waals surface area (Å²) in [4.78, 5) is 17.4. The number of sulfonamides is 1. The molecule has 0 aliphatic carbocycles. The summed E-state index contributed by atoms with van der Waals surface area (Å²) < 4.78 is 27.1. The lowest BCUT2D eigenvalue weighted by Gasteiger charge is -2.23. The molecular weight excluding hydrogens is 322 g/mol. The molecule has 6 nitrogen and oxygen atoms in total. The molecule has 2 aromatic heterocycles. The molecule has 2 N–H and O–H groups in total. The number of pyridine rings is 1. The van der Waals surface area contributed by atoms with Gasteiger partial charge in [-0.3, -0.25) is 4.79 Å². The molecule has 0 saturated carbocycles. The molecular formula is C11H12ClN3O3S2. The van der Waals surface area contributed by atoms with Crippen LogP contribution in [0.25, 0.3) is 0 Å². The maximum absolute atomic E-state index is 12.3. The number of aromatic nitrogens is 2. The number of H-pyrrole nitrogens is 1. The maximum Gasteiger partial charge on any atom is 0.266 e. The predicted octanol–water partition coefficient (Wildman–Crippen LogP) is 1.70. The molecule has 0 aliphatic rings. The van der Waals surface area contributed by atoms with Gasteiger partial charge < -0.3 is 4.98 Å². The van der Waals surface area contributed by atoms with Gasteiger partial charge in [0.25, 0.3) is 5.56 Å². The minimum atomic E-state index is -3.82. The number of hydrogen-bond donors (Lipinski definition) is 2. The van der Waals surface area contributed by atoms with Crippen LogP contribution in [0.4, 0.5) is 0 Å². The van der Waals surface area contributed by atoms with Gasteiger partial charge in [-0.2, -0.15) is 4.72 Å². The number of aromatic amines is 1. The number of nitrogens with zero attached hydrogens (tertiary/aromatic N) is 1. The highest BCUT2D eigenvalue weighted by Gasteiger charge is 2.30. The first-order chi connectivity index (χ1) is 9.22. The molecule has 0 aromatic carbocycles. The first-order valence-corrected chi connectivity index (χ1v) is 8.29. The van der Waals surface area contributed by atoms with Crippen molar-refractivity contribution in [3.8, 4) is 0 Å². The Kier molecular flexibility index (Phi) is 4.01. The molecule has 0 unspecified atom stereocenters. The van der Waals surface area contributed by atoms with Crippen molar-refractivity contribution in [2.75, 3.05) is 0 Å². The van der Waals surface area contributed by atoms with E-state index in [2.05, 4.69) is 14.7 Å². The van der Waals surface area contributed by atoms with Gasteiger partial charge in [0, 0.05) is 17.8 Å². The smallest absolute Gasteiger partial charge is 0.266 e. The summed E-state index contributed by atoms with van der Waals surface area (Å²) in [5.41, 5.74) is -1.40. The first kappa shape index (κ1) is 15.2. The third kappa shape index (κ3) is 3.09. The lowest BCUT2D eigenvalue weighted by Crippen LogP contribution is -2.41. The Bertz CT molecular complexity index is 766. The minimum absolute atomic E-state index is 0.105. The molecule has 0 atom stereocenters. The van der Waals surface area contributed by atoms with Crippen LogP contribution in [-0.4, -0.2) is 18.4 Å². The van der Waals surface area contributed by atoms with Crippen LogP contribution in [0.2, 0.25) is 5.02 Å². The maximum atomic E-state index is 12.3. The average molecular weight is 334 g/mol. The van der Waals surface area contributed by atoms with Gasteiger partial charge in [0.05, 0.1) is 10.4 Å². The standard InChI is InChI=1S/C11H12ClN3O3S2/c1-11(2,10-13-3-4-19-10)15-20(17,18)7-5-8(12)9(16)14-6-7/h3-6,15H,1-2H3,(H,14,16). The molecule has 0 aliphatic heterocycles. The minimum Gasteiger partial charge on any atom is -0.326 e. The topological polar surface area (TPSA) is 91.9 Å². The van der Waals surface area contributed by atoms with Gasteiger partial charge in [0.2, 0.25) is 10.0 Å². The Morgan fingerprint density at radius 3 is 2.70 bits per heavy atom. The summed E-state index contributed by atoms with van der Waals surface area (Å²) in [7, 11) is -3.82. The Hall–Kier alpha value is -1.22.